The lowest BCUT2D eigenvalue weighted by Crippen LogP contribution is -2.38. The summed E-state index contributed by atoms with van der Waals surface area (Å²) >= 11 is 0. The lowest BCUT2D eigenvalue weighted by Gasteiger charge is -2.43. The number of aromatic nitrogens is 2. The van der Waals surface area contributed by atoms with Crippen LogP contribution < -0.4 is 5.56 Å². The molecule has 0 unspecified atom stereocenters. The summed E-state index contributed by atoms with van der Waals surface area (Å²) in [5, 5.41) is 0. The van der Waals surface area contributed by atoms with Crippen LogP contribution in [0.3, 0.4) is 0 Å². The summed E-state index contributed by atoms with van der Waals surface area (Å²) in [6.07, 6.45) is 5.40. The Hall–Kier alpha value is -2.57. The molecule has 1 N–H and O–H groups in total. The zero-order chi connectivity index (χ0) is 17.6. The van der Waals surface area contributed by atoms with Crippen LogP contribution in [-0.4, -0.2) is 33.9 Å². The van der Waals surface area contributed by atoms with Gasteiger partial charge in [0.05, 0.1) is 12.4 Å². The molecule has 1 aliphatic carbocycles. The number of likely N-dealkylation sites (tertiary alicyclic amines) is 1. The molecule has 1 saturated heterocycles. The van der Waals surface area contributed by atoms with E-state index in [1.54, 1.807) is 11.0 Å². The van der Waals surface area contributed by atoms with Crippen molar-refractivity contribution in [1.82, 2.24) is 14.9 Å². The fourth-order valence-corrected chi connectivity index (χ4v) is 4.10. The number of rotatable bonds is 2. The summed E-state index contributed by atoms with van der Waals surface area (Å²) in [5.74, 6) is -2.07. The summed E-state index contributed by atoms with van der Waals surface area (Å²) in [5.41, 5.74) is 0.338. The first-order valence-electron chi connectivity index (χ1n) is 8.27. The highest BCUT2D eigenvalue weighted by molar-refractivity contribution is 5.92. The van der Waals surface area contributed by atoms with E-state index in [9.17, 15) is 18.4 Å². The number of carbonyl (C=O) groups excluding carboxylic acids is 1. The number of halogens is 2. The number of nitrogens with zero attached hydrogens (tertiary/aromatic N) is 2. The molecule has 4 rings (SSSR count). The molecule has 1 aromatic carbocycles. The molecule has 1 amide bonds. The van der Waals surface area contributed by atoms with E-state index in [-0.39, 0.29) is 22.9 Å². The van der Waals surface area contributed by atoms with E-state index in [0.29, 0.717) is 18.7 Å². The van der Waals surface area contributed by atoms with E-state index < -0.39 is 17.2 Å². The second kappa shape index (κ2) is 5.75. The van der Waals surface area contributed by atoms with Crippen molar-refractivity contribution in [3.8, 4) is 0 Å². The van der Waals surface area contributed by atoms with E-state index in [1.165, 1.54) is 12.3 Å². The Morgan fingerprint density at radius 1 is 1.24 bits per heavy atom. The molecule has 0 radical (unpaired) electrons. The topological polar surface area (TPSA) is 66.1 Å². The number of hydrogen-bond acceptors (Lipinski definition) is 3. The molecule has 2 aromatic rings. The van der Waals surface area contributed by atoms with Crippen LogP contribution in [0.1, 0.15) is 41.2 Å². The number of carbonyl (C=O) groups is 1. The Morgan fingerprint density at radius 3 is 2.68 bits per heavy atom. The van der Waals surface area contributed by atoms with Crippen LogP contribution in [0.15, 0.2) is 35.4 Å². The van der Waals surface area contributed by atoms with Gasteiger partial charge in [0.15, 0.2) is 11.6 Å². The Bertz CT molecular complexity index is 892. The van der Waals surface area contributed by atoms with Gasteiger partial charge in [0.2, 0.25) is 0 Å². The van der Waals surface area contributed by atoms with Crippen molar-refractivity contribution in [2.75, 3.05) is 13.1 Å². The molecular formula is C18H17F2N3O2. The Kier molecular flexibility index (Phi) is 3.67. The molecule has 1 aliphatic heterocycles. The van der Waals surface area contributed by atoms with Gasteiger partial charge in [-0.25, -0.2) is 8.78 Å². The van der Waals surface area contributed by atoms with Gasteiger partial charge in [-0.05, 0) is 36.0 Å². The third-order valence-electron chi connectivity index (χ3n) is 5.51. The van der Waals surface area contributed by atoms with Crippen molar-refractivity contribution in [2.45, 2.75) is 25.2 Å². The fourth-order valence-electron chi connectivity index (χ4n) is 4.10. The SMILES string of the molecule is O=C(c1cncc(=O)[nH]1)N1C[C@H](c2ccc(F)c(F)c2)C2(CCC2)C1. The molecule has 1 spiro atoms. The monoisotopic (exact) mass is 345 g/mol. The summed E-state index contributed by atoms with van der Waals surface area (Å²) in [7, 11) is 0. The molecule has 7 heteroatoms. The van der Waals surface area contributed by atoms with E-state index in [4.69, 9.17) is 0 Å². The van der Waals surface area contributed by atoms with Crippen molar-refractivity contribution in [3.05, 3.63) is 63.8 Å². The highest BCUT2D eigenvalue weighted by Crippen LogP contribution is 2.55. The van der Waals surface area contributed by atoms with Gasteiger partial charge in [0, 0.05) is 19.0 Å². The first kappa shape index (κ1) is 15.9. The lowest BCUT2D eigenvalue weighted by atomic mass is 9.61. The number of H-pyrrole nitrogens is 1. The third-order valence-corrected chi connectivity index (χ3v) is 5.51. The standard InChI is InChI=1S/C18H17F2N3O2/c19-13-3-2-11(6-14(13)20)12-9-23(10-18(12)4-1-5-18)17(25)15-7-21-8-16(24)22-15/h2-3,6-8,12H,1,4-5,9-10H2,(H,22,24)/t12-/m1/s1. The van der Waals surface area contributed by atoms with Gasteiger partial charge in [-0.3, -0.25) is 14.6 Å². The fraction of sp³-hybridized carbons (Fsp3) is 0.389. The van der Waals surface area contributed by atoms with Gasteiger partial charge in [0.25, 0.3) is 11.5 Å². The van der Waals surface area contributed by atoms with Gasteiger partial charge < -0.3 is 9.88 Å². The number of nitrogens with one attached hydrogen (secondary N) is 1. The van der Waals surface area contributed by atoms with Crippen LogP contribution in [0.5, 0.6) is 0 Å². The highest BCUT2D eigenvalue weighted by Gasteiger charge is 2.52. The highest BCUT2D eigenvalue weighted by atomic mass is 19.2. The molecule has 2 fully saturated rings. The maximum atomic E-state index is 13.7. The van der Waals surface area contributed by atoms with E-state index in [0.717, 1.165) is 31.5 Å². The minimum absolute atomic E-state index is 0.0382. The summed E-state index contributed by atoms with van der Waals surface area (Å²) in [4.78, 5) is 32.0. The molecular weight excluding hydrogens is 328 g/mol. The predicted octanol–water partition coefficient (Wildman–Crippen LogP) is 2.46. The van der Waals surface area contributed by atoms with Crippen molar-refractivity contribution >= 4 is 5.91 Å². The summed E-state index contributed by atoms with van der Waals surface area (Å²) < 4.78 is 26.9. The zero-order valence-corrected chi connectivity index (χ0v) is 13.5. The quantitative estimate of drug-likeness (QED) is 0.909. The van der Waals surface area contributed by atoms with Crippen LogP contribution in [0.4, 0.5) is 8.78 Å². The average Bonchev–Trinajstić information content (AvgIpc) is 2.98. The molecule has 1 aromatic heterocycles. The molecule has 0 bridgehead atoms. The Balaban J connectivity index is 1.64. The first-order valence-corrected chi connectivity index (χ1v) is 8.27. The van der Waals surface area contributed by atoms with Crippen LogP contribution in [-0.2, 0) is 0 Å². The second-order valence-electron chi connectivity index (χ2n) is 6.94. The van der Waals surface area contributed by atoms with Gasteiger partial charge in [-0.2, -0.15) is 0 Å². The molecule has 2 aliphatic rings. The maximum absolute atomic E-state index is 13.7. The maximum Gasteiger partial charge on any atom is 0.272 e. The van der Waals surface area contributed by atoms with Gasteiger partial charge in [0.1, 0.15) is 5.69 Å². The summed E-state index contributed by atoms with van der Waals surface area (Å²) in [6.45, 7) is 0.966. The number of hydrogen-bond donors (Lipinski definition) is 1. The van der Waals surface area contributed by atoms with Crippen molar-refractivity contribution in [1.29, 1.82) is 0 Å². The molecule has 1 saturated carbocycles. The van der Waals surface area contributed by atoms with Crippen LogP contribution in [0.2, 0.25) is 0 Å². The van der Waals surface area contributed by atoms with Crippen molar-refractivity contribution < 1.29 is 13.6 Å². The van der Waals surface area contributed by atoms with E-state index in [1.807, 2.05) is 0 Å². The van der Waals surface area contributed by atoms with Gasteiger partial charge in [-0.15, -0.1) is 0 Å². The largest absolute Gasteiger partial charge is 0.336 e. The number of amides is 1. The smallest absolute Gasteiger partial charge is 0.272 e. The minimum Gasteiger partial charge on any atom is -0.336 e. The molecule has 130 valence electrons. The molecule has 2 heterocycles. The average molecular weight is 345 g/mol. The van der Waals surface area contributed by atoms with Gasteiger partial charge in [-0.1, -0.05) is 12.5 Å². The van der Waals surface area contributed by atoms with Crippen LogP contribution in [0.25, 0.3) is 0 Å². The molecule has 5 nitrogen and oxygen atoms in total. The predicted molar refractivity (Wildman–Crippen MR) is 86.1 cm³/mol. The lowest BCUT2D eigenvalue weighted by molar-refractivity contribution is 0.0719. The summed E-state index contributed by atoms with van der Waals surface area (Å²) in [6, 6.07) is 3.98. The number of benzene rings is 1. The number of aromatic amines is 1. The Labute approximate surface area is 142 Å². The second-order valence-corrected chi connectivity index (χ2v) is 6.94. The molecule has 1 atom stereocenters. The molecule has 25 heavy (non-hydrogen) atoms. The third kappa shape index (κ3) is 2.63. The van der Waals surface area contributed by atoms with Crippen LogP contribution >= 0.6 is 0 Å². The first-order chi connectivity index (χ1) is 12.0. The Morgan fingerprint density at radius 2 is 2.04 bits per heavy atom. The van der Waals surface area contributed by atoms with Gasteiger partial charge >= 0.3 is 0 Å². The van der Waals surface area contributed by atoms with E-state index >= 15 is 0 Å². The van der Waals surface area contributed by atoms with Crippen molar-refractivity contribution in [2.24, 2.45) is 5.41 Å². The van der Waals surface area contributed by atoms with Crippen molar-refractivity contribution in [3.63, 3.8) is 0 Å². The van der Waals surface area contributed by atoms with E-state index in [2.05, 4.69) is 9.97 Å². The van der Waals surface area contributed by atoms with Crippen LogP contribution in [0, 0.1) is 17.0 Å². The minimum atomic E-state index is -0.870. The normalized spacial score (nSPS) is 21.4. The zero-order valence-electron chi connectivity index (χ0n) is 13.5.